The largest absolute Gasteiger partial charge is 0.390 e. The summed E-state index contributed by atoms with van der Waals surface area (Å²) < 4.78 is 1.96. The smallest absolute Gasteiger partial charge is 0.132 e. The van der Waals surface area contributed by atoms with Crippen molar-refractivity contribution in [2.45, 2.75) is 44.4 Å². The summed E-state index contributed by atoms with van der Waals surface area (Å²) in [6.07, 6.45) is 2.98. The fourth-order valence-corrected chi connectivity index (χ4v) is 5.35. The number of aliphatic imine (C=N–C) groups is 1. The lowest BCUT2D eigenvalue weighted by atomic mass is 9.91. The summed E-state index contributed by atoms with van der Waals surface area (Å²) in [6.45, 7) is 5.58. The van der Waals surface area contributed by atoms with Gasteiger partial charge in [-0.1, -0.05) is 12.1 Å². The third kappa shape index (κ3) is 2.70. The SMILES string of the molecule is C=Nc1cccn1[C@H]1[C@H](O)[C@H](O)[C@@]2(CCc3ccc4cc(C)c(N)nc4c3)C[C@H]12. The van der Waals surface area contributed by atoms with Gasteiger partial charge in [0.1, 0.15) is 17.7 Å². The second kappa shape index (κ2) is 6.40. The molecule has 2 fully saturated rings. The Balaban J connectivity index is 1.37. The first-order valence-electron chi connectivity index (χ1n) is 10.1. The van der Waals surface area contributed by atoms with Crippen molar-refractivity contribution in [3.05, 3.63) is 53.7 Å². The highest BCUT2D eigenvalue weighted by Gasteiger charge is 2.70. The third-order valence-corrected chi connectivity index (χ3v) is 7.08. The summed E-state index contributed by atoms with van der Waals surface area (Å²) in [5.41, 5.74) is 8.79. The van der Waals surface area contributed by atoms with E-state index in [1.807, 2.05) is 29.8 Å². The van der Waals surface area contributed by atoms with Gasteiger partial charge in [-0.15, -0.1) is 0 Å². The highest BCUT2D eigenvalue weighted by molar-refractivity contribution is 5.82. The third-order valence-electron chi connectivity index (χ3n) is 7.08. The first-order valence-corrected chi connectivity index (χ1v) is 10.1. The number of rotatable bonds is 5. The Labute approximate surface area is 169 Å². The number of nitrogen functional groups attached to an aromatic ring is 1. The average molecular weight is 390 g/mol. The number of fused-ring (bicyclic) bond motifs is 2. The molecule has 150 valence electrons. The Kier molecular flexibility index (Phi) is 4.05. The number of aliphatic hydroxyl groups is 2. The van der Waals surface area contributed by atoms with Crippen molar-refractivity contribution in [2.24, 2.45) is 16.3 Å². The van der Waals surface area contributed by atoms with Gasteiger partial charge in [-0.25, -0.2) is 9.98 Å². The number of pyridine rings is 1. The number of anilines is 1. The topological polar surface area (TPSA) is 96.7 Å². The van der Waals surface area contributed by atoms with Crippen molar-refractivity contribution in [2.75, 3.05) is 5.73 Å². The number of aliphatic hydroxyl groups excluding tert-OH is 2. The maximum absolute atomic E-state index is 10.9. The van der Waals surface area contributed by atoms with Crippen LogP contribution in [0.25, 0.3) is 10.9 Å². The van der Waals surface area contributed by atoms with Gasteiger partial charge in [-0.2, -0.15) is 0 Å². The maximum Gasteiger partial charge on any atom is 0.132 e. The number of benzene rings is 1. The summed E-state index contributed by atoms with van der Waals surface area (Å²) in [4.78, 5) is 8.55. The molecule has 3 aromatic rings. The average Bonchev–Trinajstić information content (AvgIpc) is 3.15. The van der Waals surface area contributed by atoms with Gasteiger partial charge < -0.3 is 20.5 Å². The second-order valence-corrected chi connectivity index (χ2v) is 8.62. The van der Waals surface area contributed by atoms with Gasteiger partial charge in [0.25, 0.3) is 0 Å². The maximum atomic E-state index is 10.9. The molecule has 2 saturated carbocycles. The lowest BCUT2D eigenvalue weighted by Crippen LogP contribution is -2.34. The van der Waals surface area contributed by atoms with Crippen molar-refractivity contribution in [3.8, 4) is 0 Å². The van der Waals surface area contributed by atoms with E-state index in [0.29, 0.717) is 5.82 Å². The monoisotopic (exact) mass is 390 g/mol. The normalized spacial score (nSPS) is 30.4. The van der Waals surface area contributed by atoms with E-state index in [4.69, 9.17) is 5.73 Å². The molecular weight excluding hydrogens is 364 g/mol. The molecule has 0 saturated heterocycles. The molecule has 2 aliphatic carbocycles. The van der Waals surface area contributed by atoms with Crippen LogP contribution in [0.15, 0.2) is 47.6 Å². The molecule has 2 aromatic heterocycles. The Morgan fingerprint density at radius 2 is 2.14 bits per heavy atom. The van der Waals surface area contributed by atoms with Crippen LogP contribution in [0.4, 0.5) is 11.6 Å². The summed E-state index contributed by atoms with van der Waals surface area (Å²) >= 11 is 0. The van der Waals surface area contributed by atoms with E-state index in [2.05, 4.69) is 41.0 Å². The van der Waals surface area contributed by atoms with Crippen LogP contribution in [0.5, 0.6) is 0 Å². The zero-order chi connectivity index (χ0) is 20.3. The Morgan fingerprint density at radius 1 is 1.31 bits per heavy atom. The van der Waals surface area contributed by atoms with Crippen molar-refractivity contribution >= 4 is 29.3 Å². The molecule has 6 heteroatoms. The van der Waals surface area contributed by atoms with Crippen molar-refractivity contribution < 1.29 is 10.2 Å². The minimum Gasteiger partial charge on any atom is -0.390 e. The molecule has 0 spiro atoms. The molecule has 6 nitrogen and oxygen atoms in total. The van der Waals surface area contributed by atoms with E-state index in [9.17, 15) is 10.2 Å². The van der Waals surface area contributed by atoms with E-state index >= 15 is 0 Å². The minimum atomic E-state index is -0.789. The van der Waals surface area contributed by atoms with Gasteiger partial charge in [-0.3, -0.25) is 0 Å². The molecule has 0 radical (unpaired) electrons. The second-order valence-electron chi connectivity index (χ2n) is 8.62. The van der Waals surface area contributed by atoms with Crippen molar-refractivity contribution in [1.29, 1.82) is 0 Å². The first kappa shape index (κ1) is 18.3. The molecule has 5 rings (SSSR count). The molecule has 0 aliphatic heterocycles. The molecule has 2 heterocycles. The van der Waals surface area contributed by atoms with Crippen LogP contribution in [0.2, 0.25) is 0 Å². The highest BCUT2D eigenvalue weighted by Crippen LogP contribution is 2.69. The van der Waals surface area contributed by atoms with E-state index < -0.39 is 12.2 Å². The summed E-state index contributed by atoms with van der Waals surface area (Å²) in [7, 11) is 0. The zero-order valence-electron chi connectivity index (χ0n) is 16.5. The quantitative estimate of drug-likeness (QED) is 0.583. The summed E-state index contributed by atoms with van der Waals surface area (Å²) in [5, 5.41) is 22.7. The van der Waals surface area contributed by atoms with Crippen LogP contribution in [-0.4, -0.2) is 38.7 Å². The summed E-state index contributed by atoms with van der Waals surface area (Å²) in [5.74, 6) is 1.54. The Hall–Kier alpha value is -2.70. The zero-order valence-corrected chi connectivity index (χ0v) is 16.5. The standard InChI is InChI=1S/C23H26N4O2/c1-13-10-15-6-5-14(11-17(15)26-22(13)24)7-8-23-12-16(23)19(20(28)21(23)29)27-9-3-4-18(27)25-2/h3-6,9-11,16,19-21,28-29H,2,7-8,12H2,1H3,(H2,24,26)/t16-,19-,20+,21+,23+/m1/s1. The minimum absolute atomic E-state index is 0.151. The van der Waals surface area contributed by atoms with Gasteiger partial charge in [0.15, 0.2) is 0 Å². The molecule has 0 bridgehead atoms. The predicted octanol–water partition coefficient (Wildman–Crippen LogP) is 3.17. The van der Waals surface area contributed by atoms with Crippen LogP contribution in [0, 0.1) is 18.3 Å². The van der Waals surface area contributed by atoms with Crippen molar-refractivity contribution in [3.63, 3.8) is 0 Å². The number of aromatic nitrogens is 2. The van der Waals surface area contributed by atoms with Gasteiger partial charge in [0, 0.05) is 17.0 Å². The number of aryl methyl sites for hydroxylation is 2. The number of hydrogen-bond donors (Lipinski definition) is 3. The van der Waals surface area contributed by atoms with Crippen LogP contribution < -0.4 is 5.73 Å². The van der Waals surface area contributed by atoms with E-state index in [1.54, 1.807) is 0 Å². The van der Waals surface area contributed by atoms with Gasteiger partial charge in [0.2, 0.25) is 0 Å². The fourth-order valence-electron chi connectivity index (χ4n) is 5.35. The number of nitrogens with zero attached hydrogens (tertiary/aromatic N) is 3. The molecular formula is C23H26N4O2. The fraction of sp³-hybridized carbons (Fsp3) is 0.391. The highest BCUT2D eigenvalue weighted by atomic mass is 16.3. The number of nitrogens with two attached hydrogens (primary N) is 1. The van der Waals surface area contributed by atoms with E-state index in [1.165, 1.54) is 5.56 Å². The van der Waals surface area contributed by atoms with Gasteiger partial charge in [-0.05, 0) is 74.2 Å². The molecule has 29 heavy (non-hydrogen) atoms. The molecule has 0 amide bonds. The molecule has 4 N–H and O–H groups in total. The van der Waals surface area contributed by atoms with Crippen LogP contribution >= 0.6 is 0 Å². The predicted molar refractivity (Wildman–Crippen MR) is 114 cm³/mol. The molecule has 5 atom stereocenters. The van der Waals surface area contributed by atoms with Gasteiger partial charge in [0.05, 0.1) is 17.7 Å². The van der Waals surface area contributed by atoms with Gasteiger partial charge >= 0.3 is 0 Å². The molecule has 2 aliphatic rings. The van der Waals surface area contributed by atoms with Crippen molar-refractivity contribution in [1.82, 2.24) is 9.55 Å². The van der Waals surface area contributed by atoms with E-state index in [-0.39, 0.29) is 17.4 Å². The lowest BCUT2D eigenvalue weighted by Gasteiger charge is -2.25. The van der Waals surface area contributed by atoms with Crippen LogP contribution in [0.3, 0.4) is 0 Å². The first-order chi connectivity index (χ1) is 13.9. The van der Waals surface area contributed by atoms with E-state index in [0.717, 1.165) is 41.5 Å². The summed E-state index contributed by atoms with van der Waals surface area (Å²) in [6, 6.07) is 12.0. The Bertz CT molecular complexity index is 1110. The Morgan fingerprint density at radius 3 is 2.93 bits per heavy atom. The van der Waals surface area contributed by atoms with Crippen LogP contribution in [-0.2, 0) is 6.42 Å². The molecule has 0 unspecified atom stereocenters. The number of hydrogen-bond acceptors (Lipinski definition) is 5. The molecule has 1 aromatic carbocycles. The van der Waals surface area contributed by atoms with Crippen LogP contribution in [0.1, 0.15) is 30.0 Å². The lowest BCUT2D eigenvalue weighted by molar-refractivity contribution is -0.0194.